The van der Waals surface area contributed by atoms with Gasteiger partial charge < -0.3 is 5.32 Å². The van der Waals surface area contributed by atoms with Gasteiger partial charge in [-0.25, -0.2) is 9.36 Å². The molecule has 0 aliphatic heterocycles. The van der Waals surface area contributed by atoms with E-state index in [0.29, 0.717) is 16.6 Å². The number of rotatable bonds is 6. The Labute approximate surface area is 194 Å². The van der Waals surface area contributed by atoms with Crippen molar-refractivity contribution in [3.8, 4) is 5.69 Å². The summed E-state index contributed by atoms with van der Waals surface area (Å²) in [5.41, 5.74) is 4.07. The van der Waals surface area contributed by atoms with Crippen LogP contribution in [0.3, 0.4) is 0 Å². The summed E-state index contributed by atoms with van der Waals surface area (Å²) in [6.07, 6.45) is 3.63. The number of nitro groups is 1. The largest absolute Gasteiger partial charge is 0.324 e. The van der Waals surface area contributed by atoms with E-state index in [0.717, 1.165) is 35.3 Å². The van der Waals surface area contributed by atoms with Crippen molar-refractivity contribution in [3.05, 3.63) is 86.0 Å². The lowest BCUT2D eigenvalue weighted by Gasteiger charge is -2.11. The molecule has 0 unspecified atom stereocenters. The molecule has 0 saturated heterocycles. The van der Waals surface area contributed by atoms with Gasteiger partial charge in [-0.1, -0.05) is 6.07 Å². The molecule has 2 heterocycles. The minimum absolute atomic E-state index is 0.0741. The van der Waals surface area contributed by atoms with E-state index in [1.54, 1.807) is 10.9 Å². The molecule has 0 radical (unpaired) electrons. The molecule has 2 aromatic heterocycles. The van der Waals surface area contributed by atoms with Crippen LogP contribution in [0.25, 0.3) is 16.6 Å². The number of fused-ring (bicyclic) bond motifs is 1. The lowest BCUT2D eigenvalue weighted by Crippen LogP contribution is -2.31. The summed E-state index contributed by atoms with van der Waals surface area (Å²) in [5, 5.41) is 23.2. The van der Waals surface area contributed by atoms with E-state index >= 15 is 0 Å². The van der Waals surface area contributed by atoms with Crippen LogP contribution in [0.4, 0.5) is 11.4 Å². The Bertz CT molecular complexity index is 1500. The van der Waals surface area contributed by atoms with E-state index in [9.17, 15) is 19.7 Å². The van der Waals surface area contributed by atoms with Gasteiger partial charge in [-0.05, 0) is 62.1 Å². The van der Waals surface area contributed by atoms with Gasteiger partial charge in [0.2, 0.25) is 5.91 Å². The highest BCUT2D eigenvalue weighted by Crippen LogP contribution is 2.41. The van der Waals surface area contributed by atoms with E-state index < -0.39 is 16.4 Å². The van der Waals surface area contributed by atoms with Crippen LogP contribution in [-0.2, 0) is 11.3 Å². The number of hydrogen-bond acceptors (Lipinski definition) is 6. The molecule has 1 aliphatic rings. The van der Waals surface area contributed by atoms with E-state index in [1.807, 2.05) is 32.0 Å². The first-order chi connectivity index (χ1) is 16.3. The van der Waals surface area contributed by atoms with Crippen molar-refractivity contribution in [2.75, 3.05) is 5.32 Å². The molecular weight excluding hydrogens is 436 g/mol. The smallest absolute Gasteiger partial charge is 0.293 e. The lowest BCUT2D eigenvalue weighted by atomic mass is 10.1. The fourth-order valence-electron chi connectivity index (χ4n) is 3.91. The predicted molar refractivity (Wildman–Crippen MR) is 126 cm³/mol. The van der Waals surface area contributed by atoms with Crippen LogP contribution in [0.5, 0.6) is 0 Å². The van der Waals surface area contributed by atoms with Gasteiger partial charge in [0.05, 0.1) is 22.5 Å². The standard InChI is InChI=1S/C24H22N6O4/c1-14-3-8-19(11-15(14)2)29-23-20(12-25-29)22(16-4-5-16)27-28(24(23)32)13-21(31)26-17-6-9-18(10-7-17)30(33)34/h3,6-12,16H,4-5,13H2,1-2H3,(H,26,31). The maximum atomic E-state index is 13.4. The molecule has 2 aromatic carbocycles. The first-order valence-electron chi connectivity index (χ1n) is 10.9. The predicted octanol–water partition coefficient (Wildman–Crippen LogP) is 3.62. The van der Waals surface area contributed by atoms with Crippen LogP contribution in [0, 0.1) is 24.0 Å². The van der Waals surface area contributed by atoms with Crippen molar-refractivity contribution >= 4 is 28.2 Å². The van der Waals surface area contributed by atoms with Gasteiger partial charge in [-0.2, -0.15) is 10.2 Å². The van der Waals surface area contributed by atoms with Gasteiger partial charge in [-0.15, -0.1) is 0 Å². The third-order valence-corrected chi connectivity index (χ3v) is 6.06. The average molecular weight is 458 g/mol. The summed E-state index contributed by atoms with van der Waals surface area (Å²) in [6.45, 7) is 3.73. The molecule has 10 heteroatoms. The number of anilines is 1. The maximum Gasteiger partial charge on any atom is 0.293 e. The lowest BCUT2D eigenvalue weighted by molar-refractivity contribution is -0.384. The number of nitrogens with zero attached hydrogens (tertiary/aromatic N) is 5. The second-order valence-electron chi connectivity index (χ2n) is 8.56. The van der Waals surface area contributed by atoms with Gasteiger partial charge >= 0.3 is 0 Å². The molecule has 1 aliphatic carbocycles. The minimum atomic E-state index is -0.512. The zero-order valence-electron chi connectivity index (χ0n) is 18.7. The number of amides is 1. The fourth-order valence-corrected chi connectivity index (χ4v) is 3.91. The summed E-state index contributed by atoms with van der Waals surface area (Å²) in [4.78, 5) is 36.4. The first-order valence-corrected chi connectivity index (χ1v) is 10.9. The van der Waals surface area contributed by atoms with Crippen LogP contribution in [-0.4, -0.2) is 30.4 Å². The molecule has 1 fully saturated rings. The second-order valence-corrected chi connectivity index (χ2v) is 8.56. The molecule has 1 N–H and O–H groups in total. The molecule has 1 amide bonds. The normalized spacial score (nSPS) is 13.2. The molecule has 1 saturated carbocycles. The quantitative estimate of drug-likeness (QED) is 0.347. The van der Waals surface area contributed by atoms with Gasteiger partial charge in [0.1, 0.15) is 12.1 Å². The van der Waals surface area contributed by atoms with Gasteiger partial charge in [0.25, 0.3) is 11.2 Å². The number of nitrogens with one attached hydrogen (secondary N) is 1. The van der Waals surface area contributed by atoms with Crippen LogP contribution in [0.15, 0.2) is 53.5 Å². The second kappa shape index (κ2) is 8.22. The Hall–Kier alpha value is -4.34. The van der Waals surface area contributed by atoms with Gasteiger partial charge in [0, 0.05) is 29.1 Å². The minimum Gasteiger partial charge on any atom is -0.324 e. The van der Waals surface area contributed by atoms with Crippen molar-refractivity contribution < 1.29 is 9.72 Å². The Balaban J connectivity index is 1.51. The third-order valence-electron chi connectivity index (χ3n) is 6.06. The number of aromatic nitrogens is 4. The summed E-state index contributed by atoms with van der Waals surface area (Å²) in [6, 6.07) is 11.4. The van der Waals surface area contributed by atoms with Crippen molar-refractivity contribution in [3.63, 3.8) is 0 Å². The van der Waals surface area contributed by atoms with Crippen LogP contribution >= 0.6 is 0 Å². The van der Waals surface area contributed by atoms with Crippen LogP contribution in [0.2, 0.25) is 0 Å². The topological polar surface area (TPSA) is 125 Å². The Kier molecular flexibility index (Phi) is 5.20. The highest BCUT2D eigenvalue weighted by molar-refractivity contribution is 5.91. The Morgan fingerprint density at radius 2 is 1.88 bits per heavy atom. The average Bonchev–Trinajstić information content (AvgIpc) is 3.55. The number of carbonyl (C=O) groups excluding carboxylic acids is 1. The molecule has 5 rings (SSSR count). The fraction of sp³-hybridized carbons (Fsp3) is 0.250. The molecule has 0 spiro atoms. The summed E-state index contributed by atoms with van der Waals surface area (Å²) < 4.78 is 2.79. The van der Waals surface area contributed by atoms with E-state index in [-0.39, 0.29) is 18.2 Å². The summed E-state index contributed by atoms with van der Waals surface area (Å²) in [7, 11) is 0. The number of nitro benzene ring substituents is 1. The Morgan fingerprint density at radius 1 is 1.15 bits per heavy atom. The molecule has 10 nitrogen and oxygen atoms in total. The third kappa shape index (κ3) is 3.94. The maximum absolute atomic E-state index is 13.4. The SMILES string of the molecule is Cc1ccc(-n2ncc3c(C4CC4)nn(CC(=O)Nc4ccc([N+](=O)[O-])cc4)c(=O)c32)cc1C. The molecular formula is C24H22N6O4. The number of aryl methyl sites for hydroxylation is 2. The number of carbonyl (C=O) groups is 1. The zero-order valence-corrected chi connectivity index (χ0v) is 18.7. The first kappa shape index (κ1) is 21.5. The number of non-ortho nitro benzene ring substituents is 1. The molecule has 0 bridgehead atoms. The summed E-state index contributed by atoms with van der Waals surface area (Å²) >= 11 is 0. The van der Waals surface area contributed by atoms with Crippen LogP contribution in [0.1, 0.15) is 35.6 Å². The number of benzene rings is 2. The van der Waals surface area contributed by atoms with E-state index in [4.69, 9.17) is 0 Å². The molecule has 172 valence electrons. The zero-order chi connectivity index (χ0) is 24.0. The molecule has 34 heavy (non-hydrogen) atoms. The van der Waals surface area contributed by atoms with Gasteiger partial charge in [0.15, 0.2) is 0 Å². The molecule has 4 aromatic rings. The van der Waals surface area contributed by atoms with Crippen molar-refractivity contribution in [1.82, 2.24) is 19.6 Å². The van der Waals surface area contributed by atoms with Crippen molar-refractivity contribution in [2.45, 2.75) is 39.2 Å². The highest BCUT2D eigenvalue weighted by Gasteiger charge is 2.30. The van der Waals surface area contributed by atoms with Crippen molar-refractivity contribution in [1.29, 1.82) is 0 Å². The highest BCUT2D eigenvalue weighted by atomic mass is 16.6. The van der Waals surface area contributed by atoms with Crippen molar-refractivity contribution in [2.24, 2.45) is 0 Å². The Morgan fingerprint density at radius 3 is 2.53 bits per heavy atom. The van der Waals surface area contributed by atoms with Gasteiger partial charge in [-0.3, -0.25) is 19.7 Å². The number of hydrogen-bond donors (Lipinski definition) is 1. The molecule has 0 atom stereocenters. The van der Waals surface area contributed by atoms with Crippen LogP contribution < -0.4 is 10.9 Å². The summed E-state index contributed by atoms with van der Waals surface area (Å²) in [5.74, 6) is -0.216. The van der Waals surface area contributed by atoms with E-state index in [1.165, 1.54) is 28.9 Å². The monoisotopic (exact) mass is 458 g/mol. The van der Waals surface area contributed by atoms with E-state index in [2.05, 4.69) is 15.5 Å².